The van der Waals surface area contributed by atoms with Crippen molar-refractivity contribution in [2.45, 2.75) is 39.7 Å². The molecule has 1 fully saturated rings. The van der Waals surface area contributed by atoms with Crippen molar-refractivity contribution in [1.82, 2.24) is 4.90 Å². The molecule has 1 unspecified atom stereocenters. The van der Waals surface area contributed by atoms with Gasteiger partial charge in [-0.3, -0.25) is 10.1 Å². The Kier molecular flexibility index (Phi) is 5.17. The summed E-state index contributed by atoms with van der Waals surface area (Å²) in [6, 6.07) is 5.58. The van der Waals surface area contributed by atoms with Crippen LogP contribution in [-0.2, 0) is 0 Å². The van der Waals surface area contributed by atoms with Crippen molar-refractivity contribution < 1.29 is 4.92 Å². The number of nitro groups is 1. The van der Waals surface area contributed by atoms with Gasteiger partial charge < -0.3 is 10.2 Å². The minimum atomic E-state index is -0.315. The molecular weight excluding hydrogens is 266 g/mol. The third kappa shape index (κ3) is 3.73. The molecule has 2 rings (SSSR count). The standard InChI is InChI=1S/C16H25N3O2/c1-4-18-10-8-14(9-11-18)13(3)17-15-6-5-7-16(12(15)2)19(20)21/h5-7,13-14,17H,4,8-11H2,1-3H3. The molecule has 116 valence electrons. The lowest BCUT2D eigenvalue weighted by Crippen LogP contribution is -2.39. The van der Waals surface area contributed by atoms with Crippen molar-refractivity contribution in [3.05, 3.63) is 33.9 Å². The molecular formula is C16H25N3O2. The Labute approximate surface area is 126 Å². The topological polar surface area (TPSA) is 58.4 Å². The Bertz CT molecular complexity index is 496. The fraction of sp³-hybridized carbons (Fsp3) is 0.625. The first-order valence-corrected chi connectivity index (χ1v) is 7.75. The van der Waals surface area contributed by atoms with Gasteiger partial charge in [-0.05, 0) is 58.3 Å². The fourth-order valence-corrected chi connectivity index (χ4v) is 3.11. The number of piperidine rings is 1. The Morgan fingerprint density at radius 3 is 2.67 bits per heavy atom. The lowest BCUT2D eigenvalue weighted by Gasteiger charge is -2.35. The maximum absolute atomic E-state index is 11.0. The van der Waals surface area contributed by atoms with Crippen LogP contribution in [0.2, 0.25) is 0 Å². The second-order valence-corrected chi connectivity index (χ2v) is 5.91. The van der Waals surface area contributed by atoms with Crippen LogP contribution < -0.4 is 5.32 Å². The number of nitrogens with one attached hydrogen (secondary N) is 1. The summed E-state index contributed by atoms with van der Waals surface area (Å²) in [6.07, 6.45) is 2.38. The molecule has 0 bridgehead atoms. The number of hydrogen-bond acceptors (Lipinski definition) is 4. The number of nitrogens with zero attached hydrogens (tertiary/aromatic N) is 2. The third-order valence-corrected chi connectivity index (χ3v) is 4.67. The molecule has 1 aliphatic rings. The molecule has 1 N–H and O–H groups in total. The van der Waals surface area contributed by atoms with Crippen LogP contribution in [0.25, 0.3) is 0 Å². The Morgan fingerprint density at radius 1 is 1.43 bits per heavy atom. The average Bonchev–Trinajstić information content (AvgIpc) is 2.49. The average molecular weight is 291 g/mol. The van der Waals surface area contributed by atoms with Gasteiger partial charge >= 0.3 is 0 Å². The Hall–Kier alpha value is -1.62. The first-order chi connectivity index (χ1) is 10.0. The number of likely N-dealkylation sites (tertiary alicyclic amines) is 1. The lowest BCUT2D eigenvalue weighted by molar-refractivity contribution is -0.385. The van der Waals surface area contributed by atoms with E-state index in [0.29, 0.717) is 12.0 Å². The van der Waals surface area contributed by atoms with Crippen LogP contribution in [0.15, 0.2) is 18.2 Å². The van der Waals surface area contributed by atoms with Gasteiger partial charge in [-0.2, -0.15) is 0 Å². The van der Waals surface area contributed by atoms with E-state index < -0.39 is 0 Å². The van der Waals surface area contributed by atoms with Gasteiger partial charge in [0.1, 0.15) is 0 Å². The van der Waals surface area contributed by atoms with Gasteiger partial charge in [0.05, 0.1) is 4.92 Å². The lowest BCUT2D eigenvalue weighted by atomic mass is 9.90. The Balaban J connectivity index is 2.02. The van der Waals surface area contributed by atoms with Gasteiger partial charge in [0, 0.05) is 23.4 Å². The largest absolute Gasteiger partial charge is 0.382 e. The van der Waals surface area contributed by atoms with Gasteiger partial charge in [-0.1, -0.05) is 13.0 Å². The monoisotopic (exact) mass is 291 g/mol. The van der Waals surface area contributed by atoms with Crippen molar-refractivity contribution in [1.29, 1.82) is 0 Å². The number of benzene rings is 1. The predicted molar refractivity (Wildman–Crippen MR) is 85.8 cm³/mol. The van der Waals surface area contributed by atoms with Crippen LogP contribution in [0.1, 0.15) is 32.3 Å². The molecule has 1 aromatic carbocycles. The van der Waals surface area contributed by atoms with Crippen LogP contribution >= 0.6 is 0 Å². The van der Waals surface area contributed by atoms with Crippen LogP contribution in [0, 0.1) is 23.0 Å². The molecule has 0 spiro atoms. The SMILES string of the molecule is CCN1CCC(C(C)Nc2cccc([N+](=O)[O-])c2C)CC1. The molecule has 0 saturated carbocycles. The van der Waals surface area contributed by atoms with Crippen LogP contribution in [0.3, 0.4) is 0 Å². The second kappa shape index (κ2) is 6.89. The number of anilines is 1. The van der Waals surface area contributed by atoms with E-state index in [-0.39, 0.29) is 10.6 Å². The third-order valence-electron chi connectivity index (χ3n) is 4.67. The van der Waals surface area contributed by atoms with Crippen LogP contribution in [0.5, 0.6) is 0 Å². The highest BCUT2D eigenvalue weighted by molar-refractivity contribution is 5.60. The summed E-state index contributed by atoms with van der Waals surface area (Å²) in [5, 5.41) is 14.5. The highest BCUT2D eigenvalue weighted by Gasteiger charge is 2.24. The van der Waals surface area contributed by atoms with Gasteiger partial charge in [0.2, 0.25) is 0 Å². The molecule has 1 saturated heterocycles. The molecule has 0 amide bonds. The first kappa shape index (κ1) is 15.8. The number of hydrogen-bond donors (Lipinski definition) is 1. The molecule has 0 aliphatic carbocycles. The molecule has 1 heterocycles. The highest BCUT2D eigenvalue weighted by atomic mass is 16.6. The predicted octanol–water partition coefficient (Wildman–Crippen LogP) is 3.44. The summed E-state index contributed by atoms with van der Waals surface area (Å²) >= 11 is 0. The van der Waals surface area contributed by atoms with Crippen molar-refractivity contribution in [2.75, 3.05) is 25.0 Å². The zero-order chi connectivity index (χ0) is 15.4. The normalized spacial score (nSPS) is 18.4. The van der Waals surface area contributed by atoms with Crippen LogP contribution in [-0.4, -0.2) is 35.5 Å². The summed E-state index contributed by atoms with van der Waals surface area (Å²) in [7, 11) is 0. The summed E-state index contributed by atoms with van der Waals surface area (Å²) < 4.78 is 0. The molecule has 1 atom stereocenters. The maximum atomic E-state index is 11.0. The quantitative estimate of drug-likeness (QED) is 0.667. The Morgan fingerprint density at radius 2 is 2.10 bits per heavy atom. The van der Waals surface area contributed by atoms with E-state index in [9.17, 15) is 10.1 Å². The van der Waals surface area contributed by atoms with Gasteiger partial charge in [0.25, 0.3) is 5.69 Å². The van der Waals surface area contributed by atoms with E-state index >= 15 is 0 Å². The maximum Gasteiger partial charge on any atom is 0.274 e. The molecule has 21 heavy (non-hydrogen) atoms. The fourth-order valence-electron chi connectivity index (χ4n) is 3.11. The number of nitro benzene ring substituents is 1. The van der Waals surface area contributed by atoms with Crippen molar-refractivity contribution >= 4 is 11.4 Å². The van der Waals surface area contributed by atoms with Gasteiger partial charge in [-0.25, -0.2) is 0 Å². The zero-order valence-electron chi connectivity index (χ0n) is 13.1. The van der Waals surface area contributed by atoms with E-state index in [4.69, 9.17) is 0 Å². The highest BCUT2D eigenvalue weighted by Crippen LogP contribution is 2.28. The van der Waals surface area contributed by atoms with Crippen LogP contribution in [0.4, 0.5) is 11.4 Å². The zero-order valence-corrected chi connectivity index (χ0v) is 13.1. The number of rotatable bonds is 5. The second-order valence-electron chi connectivity index (χ2n) is 5.91. The first-order valence-electron chi connectivity index (χ1n) is 7.75. The van der Waals surface area contributed by atoms with E-state index in [2.05, 4.69) is 24.1 Å². The molecule has 1 aliphatic heterocycles. The van der Waals surface area contributed by atoms with Crippen molar-refractivity contribution in [3.8, 4) is 0 Å². The van der Waals surface area contributed by atoms with Gasteiger partial charge in [-0.15, -0.1) is 0 Å². The molecule has 1 aromatic rings. The van der Waals surface area contributed by atoms with E-state index in [1.807, 2.05) is 13.0 Å². The summed E-state index contributed by atoms with van der Waals surface area (Å²) in [4.78, 5) is 13.2. The minimum Gasteiger partial charge on any atom is -0.382 e. The molecule has 0 aromatic heterocycles. The molecule has 0 radical (unpaired) electrons. The molecule has 5 heteroatoms. The summed E-state index contributed by atoms with van der Waals surface area (Å²) in [5.74, 6) is 0.631. The summed E-state index contributed by atoms with van der Waals surface area (Å²) in [5.41, 5.74) is 1.79. The smallest absolute Gasteiger partial charge is 0.274 e. The van der Waals surface area contributed by atoms with E-state index in [0.717, 1.165) is 30.9 Å². The van der Waals surface area contributed by atoms with Crippen molar-refractivity contribution in [3.63, 3.8) is 0 Å². The summed E-state index contributed by atoms with van der Waals surface area (Å²) in [6.45, 7) is 9.63. The molecule has 5 nitrogen and oxygen atoms in total. The van der Waals surface area contributed by atoms with E-state index in [1.54, 1.807) is 12.1 Å². The minimum absolute atomic E-state index is 0.188. The van der Waals surface area contributed by atoms with Gasteiger partial charge in [0.15, 0.2) is 0 Å². The van der Waals surface area contributed by atoms with Crippen molar-refractivity contribution in [2.24, 2.45) is 5.92 Å². The van der Waals surface area contributed by atoms with E-state index in [1.165, 1.54) is 12.8 Å².